The van der Waals surface area contributed by atoms with Gasteiger partial charge in [0.25, 0.3) is 5.91 Å². The first kappa shape index (κ1) is 18.3. The topological polar surface area (TPSA) is 77.9 Å². The molecule has 1 saturated heterocycles. The maximum absolute atomic E-state index is 12.6. The summed E-state index contributed by atoms with van der Waals surface area (Å²) in [7, 11) is 0. The molecule has 1 heterocycles. The van der Waals surface area contributed by atoms with Crippen LogP contribution in [0.4, 0.5) is 0 Å². The molecule has 1 aliphatic rings. The number of carboxylic acids is 1. The van der Waals surface area contributed by atoms with Crippen LogP contribution in [0, 0.1) is 0 Å². The van der Waals surface area contributed by atoms with Crippen LogP contribution in [0.2, 0.25) is 5.02 Å². The molecule has 2 amide bonds. The van der Waals surface area contributed by atoms with E-state index in [9.17, 15) is 14.4 Å². The molecule has 0 radical (unpaired) electrons. The molecule has 130 valence electrons. The van der Waals surface area contributed by atoms with Crippen molar-refractivity contribution in [3.63, 3.8) is 0 Å². The van der Waals surface area contributed by atoms with Crippen LogP contribution in [-0.2, 0) is 9.59 Å². The number of nitrogens with zero attached hydrogens (tertiary/aromatic N) is 2. The van der Waals surface area contributed by atoms with Crippen LogP contribution in [0.3, 0.4) is 0 Å². The van der Waals surface area contributed by atoms with Crippen LogP contribution in [0.1, 0.15) is 36.5 Å². The molecule has 1 fully saturated rings. The van der Waals surface area contributed by atoms with Gasteiger partial charge in [0.15, 0.2) is 0 Å². The Morgan fingerprint density at radius 1 is 1.21 bits per heavy atom. The zero-order valence-corrected chi connectivity index (χ0v) is 14.3. The van der Waals surface area contributed by atoms with E-state index in [4.69, 9.17) is 16.7 Å². The van der Waals surface area contributed by atoms with Gasteiger partial charge >= 0.3 is 5.97 Å². The smallest absolute Gasteiger partial charge is 0.323 e. The number of hydrogen-bond acceptors (Lipinski definition) is 3. The van der Waals surface area contributed by atoms with E-state index < -0.39 is 5.97 Å². The fourth-order valence-corrected chi connectivity index (χ4v) is 3.14. The lowest BCUT2D eigenvalue weighted by molar-refractivity contribution is -0.145. The normalized spacial score (nSPS) is 17.9. The van der Waals surface area contributed by atoms with Gasteiger partial charge in [0, 0.05) is 36.6 Å². The van der Waals surface area contributed by atoms with Gasteiger partial charge < -0.3 is 14.9 Å². The number of benzene rings is 1. The Morgan fingerprint density at radius 2 is 1.88 bits per heavy atom. The van der Waals surface area contributed by atoms with Gasteiger partial charge in [-0.3, -0.25) is 14.4 Å². The fourth-order valence-electron chi connectivity index (χ4n) is 3.01. The fraction of sp³-hybridized carbons (Fsp3) is 0.471. The highest BCUT2D eigenvalue weighted by molar-refractivity contribution is 6.30. The van der Waals surface area contributed by atoms with Gasteiger partial charge in [-0.15, -0.1) is 0 Å². The summed E-state index contributed by atoms with van der Waals surface area (Å²) in [5.41, 5.74) is 0.576. The number of amides is 2. The average molecular weight is 353 g/mol. The zero-order valence-electron chi connectivity index (χ0n) is 13.6. The SMILES string of the molecule is CC(=O)N(CC(=O)O)C1CCCN(C(=O)c2ccc(Cl)cc2)CC1. The third kappa shape index (κ3) is 4.71. The Morgan fingerprint density at radius 3 is 2.46 bits per heavy atom. The second kappa shape index (κ2) is 8.15. The number of aliphatic carboxylic acids is 1. The Hall–Kier alpha value is -2.08. The molecule has 0 bridgehead atoms. The Bertz CT molecular complexity index is 618. The van der Waals surface area contributed by atoms with Crippen molar-refractivity contribution >= 4 is 29.4 Å². The standard InChI is InChI=1S/C17H21ClN2O4/c1-12(21)20(11-16(22)23)15-3-2-9-19(10-8-15)17(24)13-4-6-14(18)7-5-13/h4-7,15H,2-3,8-11H2,1H3,(H,22,23). The monoisotopic (exact) mass is 352 g/mol. The van der Waals surface area contributed by atoms with E-state index in [2.05, 4.69) is 0 Å². The van der Waals surface area contributed by atoms with Crippen molar-refractivity contribution in [1.29, 1.82) is 0 Å². The van der Waals surface area contributed by atoms with E-state index >= 15 is 0 Å². The van der Waals surface area contributed by atoms with E-state index in [1.54, 1.807) is 29.2 Å². The molecule has 0 spiro atoms. The number of carbonyl (C=O) groups is 3. The van der Waals surface area contributed by atoms with Gasteiger partial charge in [-0.1, -0.05) is 11.6 Å². The maximum atomic E-state index is 12.6. The second-order valence-electron chi connectivity index (χ2n) is 5.92. The van der Waals surface area contributed by atoms with Crippen molar-refractivity contribution < 1.29 is 19.5 Å². The van der Waals surface area contributed by atoms with Gasteiger partial charge in [0.05, 0.1) is 0 Å². The summed E-state index contributed by atoms with van der Waals surface area (Å²) in [6, 6.07) is 6.60. The summed E-state index contributed by atoms with van der Waals surface area (Å²) in [5, 5.41) is 9.55. The molecule has 1 atom stereocenters. The highest BCUT2D eigenvalue weighted by Crippen LogP contribution is 2.19. The molecule has 0 saturated carbocycles. The predicted molar refractivity (Wildman–Crippen MR) is 90.0 cm³/mol. The average Bonchev–Trinajstić information content (AvgIpc) is 2.78. The van der Waals surface area contributed by atoms with Crippen molar-refractivity contribution in [2.75, 3.05) is 19.6 Å². The van der Waals surface area contributed by atoms with Gasteiger partial charge in [0.1, 0.15) is 6.54 Å². The van der Waals surface area contributed by atoms with Crippen molar-refractivity contribution in [2.45, 2.75) is 32.2 Å². The first-order chi connectivity index (χ1) is 11.4. The Balaban J connectivity index is 2.03. The van der Waals surface area contributed by atoms with Gasteiger partial charge in [-0.05, 0) is 43.5 Å². The third-order valence-electron chi connectivity index (χ3n) is 4.23. The number of rotatable bonds is 4. The molecule has 1 aromatic rings. The molecule has 1 unspecified atom stereocenters. The molecule has 0 aromatic heterocycles. The van der Waals surface area contributed by atoms with Gasteiger partial charge in [0.2, 0.25) is 5.91 Å². The summed E-state index contributed by atoms with van der Waals surface area (Å²) >= 11 is 5.84. The molecule has 6 nitrogen and oxygen atoms in total. The Labute approximate surface area is 146 Å². The van der Waals surface area contributed by atoms with E-state index in [0.717, 1.165) is 6.42 Å². The first-order valence-corrected chi connectivity index (χ1v) is 8.30. The minimum atomic E-state index is -1.02. The van der Waals surface area contributed by atoms with E-state index in [1.807, 2.05) is 0 Å². The highest BCUT2D eigenvalue weighted by Gasteiger charge is 2.27. The van der Waals surface area contributed by atoms with Crippen LogP contribution in [-0.4, -0.2) is 58.4 Å². The lowest BCUT2D eigenvalue weighted by Crippen LogP contribution is -2.43. The highest BCUT2D eigenvalue weighted by atomic mass is 35.5. The molecular weight excluding hydrogens is 332 g/mol. The van der Waals surface area contributed by atoms with E-state index in [0.29, 0.717) is 36.5 Å². The van der Waals surface area contributed by atoms with Crippen molar-refractivity contribution in [3.05, 3.63) is 34.9 Å². The largest absolute Gasteiger partial charge is 0.480 e. The minimum Gasteiger partial charge on any atom is -0.480 e. The lowest BCUT2D eigenvalue weighted by Gasteiger charge is -2.28. The zero-order chi connectivity index (χ0) is 17.7. The number of carbonyl (C=O) groups excluding carboxylic acids is 2. The lowest BCUT2D eigenvalue weighted by atomic mass is 10.1. The van der Waals surface area contributed by atoms with Crippen LogP contribution in [0.15, 0.2) is 24.3 Å². The molecule has 1 aromatic carbocycles. The molecule has 24 heavy (non-hydrogen) atoms. The van der Waals surface area contributed by atoms with Gasteiger partial charge in [-0.2, -0.15) is 0 Å². The third-order valence-corrected chi connectivity index (χ3v) is 4.48. The van der Waals surface area contributed by atoms with E-state index in [1.165, 1.54) is 11.8 Å². The molecule has 0 aliphatic carbocycles. The summed E-state index contributed by atoms with van der Waals surface area (Å²) < 4.78 is 0. The first-order valence-electron chi connectivity index (χ1n) is 7.92. The van der Waals surface area contributed by atoms with Crippen molar-refractivity contribution in [2.24, 2.45) is 0 Å². The quantitative estimate of drug-likeness (QED) is 0.901. The summed E-state index contributed by atoms with van der Waals surface area (Å²) in [6.07, 6.45) is 2.00. The molecular formula is C17H21ClN2O4. The summed E-state index contributed by atoms with van der Waals surface area (Å²) in [4.78, 5) is 38.4. The molecule has 1 N–H and O–H groups in total. The van der Waals surface area contributed by atoms with Crippen LogP contribution >= 0.6 is 11.6 Å². The minimum absolute atomic E-state index is 0.0695. The predicted octanol–water partition coefficient (Wildman–Crippen LogP) is 2.27. The summed E-state index contributed by atoms with van der Waals surface area (Å²) in [6.45, 7) is 2.17. The van der Waals surface area contributed by atoms with Crippen LogP contribution in [0.25, 0.3) is 0 Å². The number of carboxylic acid groups (broad SMARTS) is 1. The molecule has 7 heteroatoms. The van der Waals surface area contributed by atoms with Crippen molar-refractivity contribution in [1.82, 2.24) is 9.80 Å². The number of hydrogen-bond donors (Lipinski definition) is 1. The number of halogens is 1. The Kier molecular flexibility index (Phi) is 6.20. The molecule has 1 aliphatic heterocycles. The van der Waals surface area contributed by atoms with Crippen LogP contribution in [0.5, 0.6) is 0 Å². The van der Waals surface area contributed by atoms with E-state index in [-0.39, 0.29) is 24.4 Å². The maximum Gasteiger partial charge on any atom is 0.323 e. The van der Waals surface area contributed by atoms with Gasteiger partial charge in [-0.25, -0.2) is 0 Å². The van der Waals surface area contributed by atoms with Crippen molar-refractivity contribution in [3.8, 4) is 0 Å². The van der Waals surface area contributed by atoms with Crippen LogP contribution < -0.4 is 0 Å². The summed E-state index contributed by atoms with van der Waals surface area (Å²) in [5.74, 6) is -1.34. The number of likely N-dealkylation sites (tertiary alicyclic amines) is 1. The second-order valence-corrected chi connectivity index (χ2v) is 6.36. The molecule has 2 rings (SSSR count).